The van der Waals surface area contributed by atoms with Gasteiger partial charge in [-0.2, -0.15) is 0 Å². The smallest absolute Gasteiger partial charge is 0.309 e. The van der Waals surface area contributed by atoms with Crippen LogP contribution in [-0.2, 0) is 57.2 Å². The summed E-state index contributed by atoms with van der Waals surface area (Å²) in [6.07, 6.45) is 50.7. The van der Waals surface area contributed by atoms with Gasteiger partial charge in [0.05, 0.1) is 29.6 Å². The molecule has 0 radical (unpaired) electrons. The molecule has 0 aliphatic heterocycles. The van der Waals surface area contributed by atoms with Gasteiger partial charge < -0.3 is 28.4 Å². The van der Waals surface area contributed by atoms with Crippen molar-refractivity contribution in [2.24, 2.45) is 107 Å². The minimum absolute atomic E-state index is 0.00190. The summed E-state index contributed by atoms with van der Waals surface area (Å²) in [7, 11) is 0. The van der Waals surface area contributed by atoms with Crippen LogP contribution in [0.25, 0.3) is 0 Å². The highest BCUT2D eigenvalue weighted by Gasteiger charge is 2.46. The van der Waals surface area contributed by atoms with Crippen LogP contribution in [0.3, 0.4) is 0 Å². The molecule has 0 heterocycles. The van der Waals surface area contributed by atoms with Gasteiger partial charge in [-0.25, -0.2) is 0 Å². The second kappa shape index (κ2) is 46.7. The summed E-state index contributed by atoms with van der Waals surface area (Å²) in [5, 5.41) is 0. The molecule has 0 N–H and O–H groups in total. The highest BCUT2D eigenvalue weighted by Crippen LogP contribution is 2.48. The van der Waals surface area contributed by atoms with Crippen molar-refractivity contribution < 1.29 is 57.2 Å². The Morgan fingerprint density at radius 1 is 0.321 bits per heavy atom. The molecule has 0 bridgehead atoms. The highest BCUT2D eigenvalue weighted by atomic mass is 16.6. The Morgan fingerprint density at radius 3 is 0.953 bits per heavy atom. The number of rotatable bonds is 26. The molecule has 616 valence electrons. The van der Waals surface area contributed by atoms with Crippen molar-refractivity contribution in [2.45, 2.75) is 456 Å². The molecule has 18 atom stereocenters. The predicted molar refractivity (Wildman–Crippen MR) is 435 cm³/mol. The Kier molecular flexibility index (Phi) is 41.2. The molecule has 106 heavy (non-hydrogen) atoms. The monoisotopic (exact) mass is 1490 g/mol. The molecule has 10 fully saturated rings. The average molecular weight is 1490 g/mol. The Balaban J connectivity index is 0.000000228. The van der Waals surface area contributed by atoms with E-state index in [1.165, 1.54) is 148 Å². The lowest BCUT2D eigenvalue weighted by Crippen LogP contribution is -2.35. The lowest BCUT2D eigenvalue weighted by Gasteiger charge is -2.30. The van der Waals surface area contributed by atoms with Gasteiger partial charge in [0.15, 0.2) is 0 Å². The molecule has 10 aliphatic carbocycles. The van der Waals surface area contributed by atoms with Crippen LogP contribution in [0.1, 0.15) is 421 Å². The van der Waals surface area contributed by atoms with E-state index in [1.54, 1.807) is 0 Å². The molecule has 0 aromatic heterocycles. The number of carbonyl (C=O) groups is 6. The third kappa shape index (κ3) is 29.7. The lowest BCUT2D eigenvalue weighted by atomic mass is 9.91. The van der Waals surface area contributed by atoms with Gasteiger partial charge in [0.2, 0.25) is 0 Å². The fraction of sp³-hybridized carbons (Fsp3) is 0.936. The van der Waals surface area contributed by atoms with Gasteiger partial charge in [0.1, 0.15) is 34.6 Å². The van der Waals surface area contributed by atoms with E-state index < -0.39 is 0 Å². The maximum absolute atomic E-state index is 12.6. The van der Waals surface area contributed by atoms with Crippen molar-refractivity contribution in [3.05, 3.63) is 0 Å². The highest BCUT2D eigenvalue weighted by molar-refractivity contribution is 5.76. The fourth-order valence-corrected chi connectivity index (χ4v) is 21.1. The van der Waals surface area contributed by atoms with Crippen molar-refractivity contribution in [1.29, 1.82) is 0 Å². The predicted octanol–water partition coefficient (Wildman–Crippen LogP) is 25.7. The van der Waals surface area contributed by atoms with E-state index in [2.05, 4.69) is 104 Å². The third-order valence-corrected chi connectivity index (χ3v) is 29.0. The molecule has 18 unspecified atom stereocenters. The normalized spacial score (nSPS) is 32.5. The largest absolute Gasteiger partial charge is 0.462 e. The SMILES string of the molecule is CCC1CC(CC)C(C(=O)OC(C)(C)C)C1.CCC1CC(CC)C(C(=O)OC2(C)CCCC2)C1.CCC1CC(CC)C(C(=O)OC2(CC)CCCC2)C1.CCC1CC(CC)C(C(=O)OC2CCCC2)C1.CCC1CC(CC)C(C(=O)OC2CCCCC2)C1.CCC1CC(CC)C(CC(=O)OC(C)(C)CC)C1. The van der Waals surface area contributed by atoms with E-state index >= 15 is 0 Å². The van der Waals surface area contributed by atoms with Crippen molar-refractivity contribution in [3.63, 3.8) is 0 Å². The summed E-state index contributed by atoms with van der Waals surface area (Å²) < 4.78 is 34.4. The van der Waals surface area contributed by atoms with Crippen molar-refractivity contribution in [2.75, 3.05) is 0 Å². The second-order valence-corrected chi connectivity index (χ2v) is 37.9. The Labute approximate surface area is 651 Å². The molecule has 10 rings (SSSR count). The van der Waals surface area contributed by atoms with Gasteiger partial charge in [-0.05, 0) is 311 Å². The third-order valence-electron chi connectivity index (χ3n) is 29.0. The number of hydrogen-bond acceptors (Lipinski definition) is 12. The van der Waals surface area contributed by atoms with Crippen LogP contribution in [-0.4, -0.2) is 70.4 Å². The molecular formula is C94H168O12. The molecular weight excluding hydrogens is 1320 g/mol. The van der Waals surface area contributed by atoms with Crippen LogP contribution in [0, 0.1) is 107 Å². The zero-order valence-electron chi connectivity index (χ0n) is 72.6. The standard InChI is InChI=1S/C17H30O2.2C16H28O2.C16H30O2.C15H26O2.C14H26O2/c1-4-13-11-14(5-2)15(12-13)16(18)19-17(6-3)9-7-8-10-17;1-4-12-10-13(5-2)14(11-12)15(17)18-16(3)8-6-7-9-16;1-3-12-10-13(4-2)15(11-12)16(17)18-14-8-6-5-7-9-14;1-6-12-9-13(7-2)14(10-12)11-15(17)18-16(4,5)8-3;1-3-11-9-12(4-2)14(10-11)15(16)17-13-7-5-6-8-13;1-6-10-8-11(7-2)12(9-10)13(15)16-14(3,4)5/h13-15H,4-12H2,1-3H3;12-14H,4-11H2,1-3H3;12-15H,3-11H2,1-2H3;12-14H,6-11H2,1-5H3;11-14H,3-10H2,1-2H3;10-12H,6-9H2,1-5H3. The maximum atomic E-state index is 12.6. The zero-order chi connectivity index (χ0) is 78.4. The quantitative estimate of drug-likeness (QED) is 0.0597. The number of hydrogen-bond donors (Lipinski definition) is 0. The summed E-state index contributed by atoms with van der Waals surface area (Å²) in [6, 6.07) is 0. The lowest BCUT2D eigenvalue weighted by molar-refractivity contribution is -0.167. The van der Waals surface area contributed by atoms with Crippen LogP contribution < -0.4 is 0 Å². The first-order valence-corrected chi connectivity index (χ1v) is 45.8. The first-order chi connectivity index (χ1) is 50.5. The average Bonchev–Trinajstić information content (AvgIpc) is 1.69. The topological polar surface area (TPSA) is 158 Å². The molecule has 12 nitrogen and oxygen atoms in total. The first kappa shape index (κ1) is 93.4. The van der Waals surface area contributed by atoms with E-state index in [1.807, 2.05) is 34.6 Å². The van der Waals surface area contributed by atoms with Gasteiger partial charge in [0.25, 0.3) is 0 Å². The van der Waals surface area contributed by atoms with Crippen molar-refractivity contribution in [3.8, 4) is 0 Å². The number of ether oxygens (including phenoxy) is 6. The van der Waals surface area contributed by atoms with Crippen LogP contribution >= 0.6 is 0 Å². The maximum Gasteiger partial charge on any atom is 0.309 e. The van der Waals surface area contributed by atoms with Crippen LogP contribution in [0.5, 0.6) is 0 Å². The van der Waals surface area contributed by atoms with E-state index in [4.69, 9.17) is 28.4 Å². The van der Waals surface area contributed by atoms with Gasteiger partial charge in [-0.15, -0.1) is 0 Å². The molecule has 0 aromatic rings. The summed E-state index contributed by atoms with van der Waals surface area (Å²) in [6.45, 7) is 42.9. The molecule has 10 saturated carbocycles. The molecule has 0 amide bonds. The summed E-state index contributed by atoms with van der Waals surface area (Å²) in [5.41, 5.74) is -0.916. The van der Waals surface area contributed by atoms with Crippen LogP contribution in [0.4, 0.5) is 0 Å². The number of carbonyl (C=O) groups excluding carboxylic acids is 6. The number of esters is 6. The second-order valence-electron chi connectivity index (χ2n) is 37.9. The van der Waals surface area contributed by atoms with E-state index in [0.717, 1.165) is 170 Å². The summed E-state index contributed by atoms with van der Waals surface area (Å²) in [4.78, 5) is 73.6. The van der Waals surface area contributed by atoms with Crippen molar-refractivity contribution >= 4 is 35.8 Å². The van der Waals surface area contributed by atoms with E-state index in [-0.39, 0.29) is 100 Å². The first-order valence-electron chi connectivity index (χ1n) is 45.8. The Bertz CT molecular complexity index is 2510. The minimum Gasteiger partial charge on any atom is -0.462 e. The zero-order valence-corrected chi connectivity index (χ0v) is 72.6. The van der Waals surface area contributed by atoms with Crippen LogP contribution in [0.15, 0.2) is 0 Å². The summed E-state index contributed by atoms with van der Waals surface area (Å²) >= 11 is 0. The van der Waals surface area contributed by atoms with Crippen LogP contribution in [0.2, 0.25) is 0 Å². The minimum atomic E-state index is -0.348. The van der Waals surface area contributed by atoms with Gasteiger partial charge >= 0.3 is 35.8 Å². The van der Waals surface area contributed by atoms with Crippen molar-refractivity contribution in [1.82, 2.24) is 0 Å². The molecule has 0 spiro atoms. The van der Waals surface area contributed by atoms with Gasteiger partial charge in [-0.3, -0.25) is 28.8 Å². The fourth-order valence-electron chi connectivity index (χ4n) is 21.1. The molecule has 10 aliphatic rings. The Hall–Kier alpha value is -3.18. The molecule has 0 saturated heterocycles. The van der Waals surface area contributed by atoms with Gasteiger partial charge in [-0.1, -0.05) is 180 Å². The van der Waals surface area contributed by atoms with E-state index in [0.29, 0.717) is 41.9 Å². The molecule has 12 heteroatoms. The summed E-state index contributed by atoms with van der Waals surface area (Å²) in [5.74, 6) is 10.0. The Morgan fingerprint density at radius 2 is 0.623 bits per heavy atom. The van der Waals surface area contributed by atoms with E-state index in [9.17, 15) is 28.8 Å². The van der Waals surface area contributed by atoms with Gasteiger partial charge in [0, 0.05) is 6.42 Å². The molecule has 0 aromatic carbocycles.